The average molecular weight is 535 g/mol. The van der Waals surface area contributed by atoms with Crippen molar-refractivity contribution >= 4 is 25.3 Å². The summed E-state index contributed by atoms with van der Waals surface area (Å²) in [4.78, 5) is 49.4. The van der Waals surface area contributed by atoms with Crippen molar-refractivity contribution in [2.45, 2.75) is 96.5 Å². The zero-order valence-corrected chi connectivity index (χ0v) is 21.9. The zero-order chi connectivity index (χ0) is 27.6. The topological polar surface area (TPSA) is 207 Å². The second kappa shape index (κ2) is 11.1. The Kier molecular flexibility index (Phi) is 9.22. The summed E-state index contributed by atoms with van der Waals surface area (Å²) in [7, 11) is -4.51. The maximum Gasteiger partial charge on any atom is 0.359 e. The van der Waals surface area contributed by atoms with Crippen LogP contribution in [0.2, 0.25) is 0 Å². The number of carbonyl (C=O) groups excluding carboxylic acids is 2. The molecule has 6 atom stereocenters. The zero-order valence-electron chi connectivity index (χ0n) is 21.0. The van der Waals surface area contributed by atoms with E-state index in [1.54, 1.807) is 6.92 Å². The van der Waals surface area contributed by atoms with Crippen LogP contribution in [-0.4, -0.2) is 70.9 Å². The number of carbonyl (C=O) groups is 2. The Morgan fingerprint density at radius 3 is 2.36 bits per heavy atom. The van der Waals surface area contributed by atoms with Crippen molar-refractivity contribution in [2.75, 3.05) is 5.32 Å². The summed E-state index contributed by atoms with van der Waals surface area (Å²) in [5.74, 6) is -1.30. The maximum atomic E-state index is 12.7. The van der Waals surface area contributed by atoms with Crippen LogP contribution in [-0.2, 0) is 34.8 Å². The van der Waals surface area contributed by atoms with Gasteiger partial charge >= 0.3 is 19.3 Å². The number of aromatic nitrogens is 2. The third-order valence-corrected chi connectivity index (χ3v) is 7.85. The number of hydrogen-bond donors (Lipinski definition) is 5. The van der Waals surface area contributed by atoms with Gasteiger partial charge in [-0.2, -0.15) is 4.98 Å². The molecule has 204 valence electrons. The predicted molar refractivity (Wildman–Crippen MR) is 125 cm³/mol. The number of ether oxygens (including phenoxy) is 2. The fraction of sp³-hybridized carbons (Fsp3) is 0.714. The lowest BCUT2D eigenvalue weighted by Gasteiger charge is -2.36. The SMILES string of the molecule is CC[C@](C)(C[C@H]1O[C@@H](n2cc(COC(C)=O)c(NC(C)=O)nc2=O)[C@H](O)[C@@H]1O)OP(=O)(O)C(C)(C)O. The molecule has 1 fully saturated rings. The van der Waals surface area contributed by atoms with Crippen molar-refractivity contribution in [3.8, 4) is 0 Å². The Morgan fingerprint density at radius 1 is 1.25 bits per heavy atom. The quantitative estimate of drug-likeness (QED) is 0.203. The van der Waals surface area contributed by atoms with Crippen molar-refractivity contribution in [2.24, 2.45) is 0 Å². The van der Waals surface area contributed by atoms with E-state index >= 15 is 0 Å². The minimum absolute atomic E-state index is 0.127. The third-order valence-electron chi connectivity index (χ3n) is 5.78. The summed E-state index contributed by atoms with van der Waals surface area (Å²) >= 11 is 0. The first-order valence-corrected chi connectivity index (χ1v) is 12.8. The Morgan fingerprint density at radius 2 is 1.86 bits per heavy atom. The highest BCUT2D eigenvalue weighted by Gasteiger charge is 2.50. The van der Waals surface area contributed by atoms with E-state index in [-0.39, 0.29) is 30.8 Å². The highest BCUT2D eigenvalue weighted by Crippen LogP contribution is 2.57. The van der Waals surface area contributed by atoms with Crippen molar-refractivity contribution in [3.63, 3.8) is 0 Å². The summed E-state index contributed by atoms with van der Waals surface area (Å²) in [5.41, 5.74) is -2.16. The summed E-state index contributed by atoms with van der Waals surface area (Å²) in [5, 5.41) is 31.6. The van der Waals surface area contributed by atoms with Crippen LogP contribution >= 0.6 is 7.60 Å². The van der Waals surface area contributed by atoms with E-state index in [0.717, 1.165) is 18.4 Å². The molecule has 1 aliphatic rings. The number of aliphatic hydroxyl groups excluding tert-OH is 2. The van der Waals surface area contributed by atoms with Crippen LogP contribution in [0.4, 0.5) is 5.82 Å². The number of hydrogen-bond acceptors (Lipinski definition) is 11. The van der Waals surface area contributed by atoms with Gasteiger partial charge < -0.3 is 39.5 Å². The molecule has 0 saturated carbocycles. The monoisotopic (exact) mass is 535 g/mol. The molecule has 15 heteroatoms. The lowest BCUT2D eigenvalue weighted by molar-refractivity contribution is -0.142. The van der Waals surface area contributed by atoms with Gasteiger partial charge in [-0.3, -0.25) is 18.7 Å². The molecule has 36 heavy (non-hydrogen) atoms. The van der Waals surface area contributed by atoms with Crippen molar-refractivity contribution in [3.05, 3.63) is 22.2 Å². The van der Waals surface area contributed by atoms with E-state index in [2.05, 4.69) is 10.3 Å². The second-order valence-corrected chi connectivity index (χ2v) is 11.7. The molecule has 0 spiro atoms. The molecular weight excluding hydrogens is 501 g/mol. The van der Waals surface area contributed by atoms with Crippen LogP contribution in [0, 0.1) is 0 Å². The molecule has 1 unspecified atom stereocenters. The smallest absolute Gasteiger partial charge is 0.359 e. The fourth-order valence-corrected chi connectivity index (χ4v) is 4.49. The Balaban J connectivity index is 2.36. The summed E-state index contributed by atoms with van der Waals surface area (Å²) < 4.78 is 29.5. The first kappa shape index (κ1) is 30.0. The number of rotatable bonds is 10. The van der Waals surface area contributed by atoms with Crippen LogP contribution < -0.4 is 11.0 Å². The molecule has 2 rings (SSSR count). The summed E-state index contributed by atoms with van der Waals surface area (Å²) in [6, 6.07) is 0. The maximum absolute atomic E-state index is 12.7. The third kappa shape index (κ3) is 6.97. The van der Waals surface area contributed by atoms with Gasteiger partial charge in [0.05, 0.1) is 11.7 Å². The largest absolute Gasteiger partial charge is 0.461 e. The lowest BCUT2D eigenvalue weighted by Crippen LogP contribution is -2.40. The number of amides is 1. The Labute approximate surface area is 207 Å². The average Bonchev–Trinajstić information content (AvgIpc) is 2.99. The van der Waals surface area contributed by atoms with E-state index in [9.17, 15) is 39.2 Å². The van der Waals surface area contributed by atoms with Crippen LogP contribution in [0.15, 0.2) is 11.0 Å². The van der Waals surface area contributed by atoms with Crippen LogP contribution in [0.3, 0.4) is 0 Å². The van der Waals surface area contributed by atoms with Gasteiger partial charge in [-0.05, 0) is 27.2 Å². The van der Waals surface area contributed by atoms with Gasteiger partial charge in [-0.15, -0.1) is 0 Å². The molecule has 1 aliphatic heterocycles. The number of anilines is 1. The molecule has 1 aromatic rings. The fourth-order valence-electron chi connectivity index (χ4n) is 3.46. The molecule has 1 saturated heterocycles. The van der Waals surface area contributed by atoms with E-state index in [0.29, 0.717) is 0 Å². The van der Waals surface area contributed by atoms with Gasteiger partial charge in [-0.25, -0.2) is 4.79 Å². The van der Waals surface area contributed by atoms with Crippen LogP contribution in [0.5, 0.6) is 0 Å². The van der Waals surface area contributed by atoms with Gasteiger partial charge in [0, 0.05) is 32.0 Å². The molecule has 0 radical (unpaired) electrons. The minimum atomic E-state index is -4.51. The van der Waals surface area contributed by atoms with Crippen molar-refractivity contribution in [1.29, 1.82) is 0 Å². The molecule has 0 bridgehead atoms. The van der Waals surface area contributed by atoms with Crippen molar-refractivity contribution in [1.82, 2.24) is 9.55 Å². The molecule has 5 N–H and O–H groups in total. The number of esters is 1. The minimum Gasteiger partial charge on any atom is -0.461 e. The molecular formula is C21H34N3O11P. The first-order chi connectivity index (χ1) is 16.4. The van der Waals surface area contributed by atoms with Gasteiger partial charge in [-0.1, -0.05) is 6.92 Å². The summed E-state index contributed by atoms with van der Waals surface area (Å²) in [6.45, 7) is 7.42. The van der Waals surface area contributed by atoms with Gasteiger partial charge in [0.15, 0.2) is 11.6 Å². The Bertz CT molecular complexity index is 1090. The molecule has 14 nitrogen and oxygen atoms in total. The summed E-state index contributed by atoms with van der Waals surface area (Å²) in [6.07, 6.45) is -4.52. The van der Waals surface area contributed by atoms with Gasteiger partial charge in [0.1, 0.15) is 24.6 Å². The van der Waals surface area contributed by atoms with E-state index in [4.69, 9.17) is 14.0 Å². The highest BCUT2D eigenvalue weighted by molar-refractivity contribution is 7.54. The number of nitrogens with zero attached hydrogens (tertiary/aromatic N) is 2. The molecule has 0 aromatic carbocycles. The molecule has 1 aromatic heterocycles. The van der Waals surface area contributed by atoms with E-state index in [1.807, 2.05) is 0 Å². The van der Waals surface area contributed by atoms with Crippen molar-refractivity contribution < 1.29 is 48.4 Å². The number of nitrogens with one attached hydrogen (secondary N) is 1. The second-order valence-electron chi connectivity index (χ2n) is 9.43. The van der Waals surface area contributed by atoms with E-state index in [1.165, 1.54) is 27.0 Å². The lowest BCUT2D eigenvalue weighted by atomic mass is 9.93. The standard InChI is InChI=1S/C21H34N3O11P/c1-7-21(6,35-36(31,32)20(4,5)30)8-14-15(27)16(28)18(34-14)24-9-13(10-33-12(3)26)17(22-11(2)25)23-19(24)29/h9,14-16,18,27-28,30H,7-8,10H2,1-6H3,(H,31,32)(H,22,23,25,29)/t14-,15-,16-,18-,21-/m1/s1. The van der Waals surface area contributed by atoms with Crippen LogP contribution in [0.25, 0.3) is 0 Å². The molecule has 2 heterocycles. The van der Waals surface area contributed by atoms with Gasteiger partial charge in [0.25, 0.3) is 0 Å². The normalized spacial score (nSPS) is 25.6. The van der Waals surface area contributed by atoms with E-state index < -0.39 is 60.6 Å². The number of aliphatic hydroxyl groups is 3. The highest BCUT2D eigenvalue weighted by atomic mass is 31.2. The Hall–Kier alpha value is -2.19. The van der Waals surface area contributed by atoms with Crippen LogP contribution in [0.1, 0.15) is 66.2 Å². The molecule has 1 amide bonds. The predicted octanol–water partition coefficient (Wildman–Crippen LogP) is 0.373. The molecule has 0 aliphatic carbocycles. The van der Waals surface area contributed by atoms with Gasteiger partial charge in [0.2, 0.25) is 5.91 Å². The first-order valence-electron chi connectivity index (χ1n) is 11.2.